The van der Waals surface area contributed by atoms with E-state index in [4.69, 9.17) is 12.2 Å². The molecule has 9 heteroatoms. The number of quaternary nitrogens is 1. The second-order valence-corrected chi connectivity index (χ2v) is 8.08. The van der Waals surface area contributed by atoms with Gasteiger partial charge in [-0.15, -0.1) is 0 Å². The van der Waals surface area contributed by atoms with Crippen LogP contribution in [-0.4, -0.2) is 120 Å². The minimum absolute atomic E-state index is 0.0736. The summed E-state index contributed by atoms with van der Waals surface area (Å²) in [7, 11) is 3.62. The number of aliphatic hydroxyl groups excluding tert-OH is 1. The van der Waals surface area contributed by atoms with Crippen molar-refractivity contribution in [3.63, 3.8) is 0 Å². The van der Waals surface area contributed by atoms with Gasteiger partial charge in [0.1, 0.15) is 0 Å². The van der Waals surface area contributed by atoms with Gasteiger partial charge in [-0.2, -0.15) is 0 Å². The average molecular weight is 536 g/mol. The zero-order valence-electron chi connectivity index (χ0n) is 14.7. The van der Waals surface area contributed by atoms with E-state index in [1.54, 1.807) is 0 Å². The molecule has 0 saturated carbocycles. The Hall–Kier alpha value is 0.152. The van der Waals surface area contributed by atoms with E-state index in [1.807, 2.05) is 6.92 Å². The number of aliphatic hydroxyl groups is 1. The van der Waals surface area contributed by atoms with Gasteiger partial charge >= 0.3 is 148 Å². The van der Waals surface area contributed by atoms with Crippen LogP contribution in [-0.2, 0) is 17.0 Å². The number of amides is 1. The summed E-state index contributed by atoms with van der Waals surface area (Å²) < 4.78 is 16.5. The normalized spacial score (nSPS) is 35.7. The monoisotopic (exact) mass is 536 g/mol. The van der Waals surface area contributed by atoms with Gasteiger partial charge in [0.05, 0.1) is 0 Å². The maximum absolute atomic E-state index is 12.4. The minimum atomic E-state index is -0.722. The fourth-order valence-corrected chi connectivity index (χ4v) is 4.04. The maximum atomic E-state index is 12.4. The Balaban J connectivity index is 1.90. The number of ether oxygens (including phenoxy) is 2. The molecule has 5 atom stereocenters. The van der Waals surface area contributed by atoms with Crippen LogP contribution in [0.25, 0.3) is 0 Å². The Morgan fingerprint density at radius 3 is 2.71 bits per heavy atom. The van der Waals surface area contributed by atoms with Crippen LogP contribution in [0.5, 0.6) is 0 Å². The molecular weight excluding hydrogens is 507 g/mol. The molecule has 0 aromatic rings. The topological polar surface area (TPSA) is 84.7 Å². The number of piperazine rings is 1. The molecule has 2 heterocycles. The van der Waals surface area contributed by atoms with E-state index in [0.29, 0.717) is 39.4 Å². The van der Waals surface area contributed by atoms with Crippen molar-refractivity contribution < 1.29 is 27.0 Å². The summed E-state index contributed by atoms with van der Waals surface area (Å²) in [4.78, 5) is 15.9. The summed E-state index contributed by atoms with van der Waals surface area (Å²) in [5.41, 5.74) is 0. The molecule has 0 radical (unpaired) electrons. The van der Waals surface area contributed by atoms with Crippen molar-refractivity contribution in [1.82, 2.24) is 10.2 Å². The summed E-state index contributed by atoms with van der Waals surface area (Å²) >= 11 is 0.424. The van der Waals surface area contributed by atoms with Crippen LogP contribution in [0.1, 0.15) is 6.92 Å². The predicted octanol–water partition coefficient (Wildman–Crippen LogP) is -3.23. The second-order valence-electron chi connectivity index (χ2n) is 6.79. The van der Waals surface area contributed by atoms with Crippen molar-refractivity contribution in [3.05, 3.63) is 0 Å². The van der Waals surface area contributed by atoms with Gasteiger partial charge in [-0.1, -0.05) is 0 Å². The van der Waals surface area contributed by atoms with Gasteiger partial charge in [0.2, 0.25) is 0 Å². The molecule has 2 aliphatic rings. The number of nitrogens with zero attached hydrogens (tertiary/aromatic N) is 1. The van der Waals surface area contributed by atoms with E-state index in [9.17, 15) is 9.90 Å². The molecule has 2 rings (SSSR count). The number of rotatable bonds is 6. The third kappa shape index (κ3) is 5.32. The van der Waals surface area contributed by atoms with Gasteiger partial charge in [-0.3, -0.25) is 4.90 Å². The Morgan fingerprint density at radius 1 is 1.46 bits per heavy atom. The molecule has 0 aromatic heterocycles. The van der Waals surface area contributed by atoms with Crippen LogP contribution in [0, 0.1) is 5.92 Å². The number of hydrogen-bond donors (Lipinski definition) is 3. The van der Waals surface area contributed by atoms with Gasteiger partial charge in [0, 0.05) is 0 Å². The molecule has 0 aromatic carbocycles. The zero-order chi connectivity index (χ0) is 17.7. The van der Waals surface area contributed by atoms with Crippen molar-refractivity contribution in [2.75, 3.05) is 53.5 Å². The fourth-order valence-electron chi connectivity index (χ4n) is 3.31. The Bertz CT molecular complexity index is 407. The fraction of sp³-hybridized carbons (Fsp3) is 0.933. The molecule has 0 spiro atoms. The summed E-state index contributed by atoms with van der Waals surface area (Å²) in [6.07, 6.45) is -1.60. The molecule has 2 fully saturated rings. The molecule has 2 aliphatic heterocycles. The molecule has 5 unspecified atom stereocenters. The Morgan fingerprint density at radius 2 is 2.12 bits per heavy atom. The first kappa shape index (κ1) is 20.5. The first-order valence-electron chi connectivity index (χ1n) is 8.45. The Labute approximate surface area is 160 Å². The van der Waals surface area contributed by atoms with Crippen molar-refractivity contribution >= 4 is 32.1 Å². The number of hydrogen-bond acceptors (Lipinski definition) is 6. The van der Waals surface area contributed by atoms with Crippen molar-refractivity contribution in [3.8, 4) is 0 Å². The molecule has 1 amide bonds. The summed E-state index contributed by atoms with van der Waals surface area (Å²) in [6.45, 7) is 6.69. The quantitative estimate of drug-likeness (QED) is 0.310. The van der Waals surface area contributed by atoms with Crippen molar-refractivity contribution in [2.45, 2.75) is 31.5 Å². The molecule has 24 heavy (non-hydrogen) atoms. The molecule has 3 N–H and O–H groups in total. The predicted molar refractivity (Wildman–Crippen MR) is 87.5 cm³/mol. The van der Waals surface area contributed by atoms with Gasteiger partial charge in [-0.05, 0) is 7.05 Å². The van der Waals surface area contributed by atoms with E-state index >= 15 is 0 Å². The van der Waals surface area contributed by atoms with Crippen LogP contribution in [0.4, 0.5) is 0 Å². The van der Waals surface area contributed by atoms with Crippen LogP contribution in [0.15, 0.2) is 0 Å². The SMILES string of the molecule is COC1OC(C[O][Tl])C(C)C(O)C1NC(=O)C[NH+]1CCN(C)CC1. The number of carbonyl (C=O) groups is 1. The number of nitrogens with one attached hydrogen (secondary N) is 2. The number of methoxy groups -OCH3 is 1. The van der Waals surface area contributed by atoms with E-state index < -0.39 is 18.4 Å². The first-order valence-corrected chi connectivity index (χ1v) is 10.3. The third-order valence-corrected chi connectivity index (χ3v) is 5.77. The van der Waals surface area contributed by atoms with Crippen molar-refractivity contribution in [2.24, 2.45) is 5.92 Å². The van der Waals surface area contributed by atoms with E-state index in [-0.39, 0.29) is 17.9 Å². The average Bonchev–Trinajstić information content (AvgIpc) is 2.56. The van der Waals surface area contributed by atoms with Gasteiger partial charge in [-0.25, -0.2) is 0 Å². The summed E-state index contributed by atoms with van der Waals surface area (Å²) in [5, 5.41) is 13.5. The van der Waals surface area contributed by atoms with Crippen molar-refractivity contribution in [1.29, 1.82) is 0 Å². The van der Waals surface area contributed by atoms with Crippen LogP contribution >= 0.6 is 0 Å². The Kier molecular flexibility index (Phi) is 8.31. The van der Waals surface area contributed by atoms with E-state index in [2.05, 4.69) is 17.3 Å². The standard InChI is InChI=1S/C15H28N3O5.Tl/c1-10-11(9-19)23-15(22-3)13(14(10)21)16-12(20)8-18-6-4-17(2)5-7-18;/h10-11,13-15,21H,4-9H2,1-3H3,(H,16,20);/q-1;+1/p+1. The number of carbonyl (C=O) groups excluding carboxylic acids is 1. The molecule has 2 saturated heterocycles. The molecule has 136 valence electrons. The van der Waals surface area contributed by atoms with Gasteiger partial charge in [0.15, 0.2) is 0 Å². The van der Waals surface area contributed by atoms with Crippen LogP contribution in [0.3, 0.4) is 0 Å². The summed E-state index contributed by atoms with van der Waals surface area (Å²) in [6, 6.07) is -0.558. The van der Waals surface area contributed by atoms with Gasteiger partial charge in [0.25, 0.3) is 0 Å². The third-order valence-electron chi connectivity index (χ3n) is 5.02. The molecule has 0 aliphatic carbocycles. The van der Waals surface area contributed by atoms with E-state index in [0.717, 1.165) is 26.2 Å². The van der Waals surface area contributed by atoms with Gasteiger partial charge < -0.3 is 0 Å². The first-order chi connectivity index (χ1) is 11.5. The molecule has 0 bridgehead atoms. The molecule has 8 nitrogen and oxygen atoms in total. The van der Waals surface area contributed by atoms with Crippen LogP contribution in [0.2, 0.25) is 0 Å². The zero-order valence-corrected chi connectivity index (χ0v) is 19.2. The second kappa shape index (κ2) is 9.74. The van der Waals surface area contributed by atoms with E-state index in [1.165, 1.54) is 12.0 Å². The summed E-state index contributed by atoms with van der Waals surface area (Å²) in [5.74, 6) is -0.202. The van der Waals surface area contributed by atoms with Crippen LogP contribution < -0.4 is 10.2 Å². The molecular formula is C15H29N3O5Tl+. The number of likely N-dealkylation sites (N-methyl/N-ethyl adjacent to an activating group) is 1.